The predicted molar refractivity (Wildman–Crippen MR) is 75.7 cm³/mol. The third kappa shape index (κ3) is 1.76. The molecule has 0 fully saturated rings. The summed E-state index contributed by atoms with van der Waals surface area (Å²) in [6.07, 6.45) is 1.14. The minimum atomic E-state index is -0.706. The van der Waals surface area contributed by atoms with Crippen LogP contribution in [-0.2, 0) is 0 Å². The Kier molecular flexibility index (Phi) is 2.90. The predicted octanol–water partition coefficient (Wildman–Crippen LogP) is 4.47. The molecule has 2 aromatic carbocycles. The molecule has 3 heteroatoms. The van der Waals surface area contributed by atoms with Crippen molar-refractivity contribution >= 4 is 34.3 Å². The molecule has 0 aliphatic heterocycles. The Bertz CT molecular complexity index is 647. The van der Waals surface area contributed by atoms with Gasteiger partial charge in [-0.1, -0.05) is 59.6 Å². The summed E-state index contributed by atoms with van der Waals surface area (Å²) in [5, 5.41) is 11.6. The Morgan fingerprint density at radius 3 is 2.44 bits per heavy atom. The van der Waals surface area contributed by atoms with Crippen LogP contribution >= 0.6 is 23.2 Å². The van der Waals surface area contributed by atoms with E-state index in [-0.39, 0.29) is 0 Å². The second-order valence-electron chi connectivity index (χ2n) is 4.23. The van der Waals surface area contributed by atoms with Gasteiger partial charge in [0.25, 0.3) is 0 Å². The molecular weight excluding hydrogens is 267 g/mol. The van der Waals surface area contributed by atoms with Gasteiger partial charge in [-0.3, -0.25) is 0 Å². The molecule has 0 saturated carbocycles. The highest BCUT2D eigenvalue weighted by atomic mass is 35.5. The van der Waals surface area contributed by atoms with E-state index in [1.165, 1.54) is 0 Å². The maximum absolute atomic E-state index is 10.5. The van der Waals surface area contributed by atoms with Crippen molar-refractivity contribution in [1.29, 1.82) is 0 Å². The van der Waals surface area contributed by atoms with Gasteiger partial charge in [0.2, 0.25) is 0 Å². The van der Waals surface area contributed by atoms with Gasteiger partial charge < -0.3 is 5.11 Å². The molecule has 0 amide bonds. The molecule has 0 spiro atoms. The fourth-order valence-electron chi connectivity index (χ4n) is 2.29. The lowest BCUT2D eigenvalue weighted by Crippen LogP contribution is -2.02. The van der Waals surface area contributed by atoms with E-state index in [0.717, 1.165) is 16.7 Å². The summed E-state index contributed by atoms with van der Waals surface area (Å²) in [5.74, 6) is 0. The summed E-state index contributed by atoms with van der Waals surface area (Å²) in [6, 6.07) is 13.1. The highest BCUT2D eigenvalue weighted by Gasteiger charge is 2.23. The lowest BCUT2D eigenvalue weighted by molar-refractivity contribution is 0.220. The quantitative estimate of drug-likeness (QED) is 0.753. The monoisotopic (exact) mass is 276 g/mol. The fourth-order valence-corrected chi connectivity index (χ4v) is 2.95. The Balaban J connectivity index is 2.35. The lowest BCUT2D eigenvalue weighted by Gasteiger charge is -2.15. The molecule has 1 atom stereocenters. The molecule has 2 aromatic rings. The highest BCUT2D eigenvalue weighted by molar-refractivity contribution is 6.53. The Morgan fingerprint density at radius 2 is 1.61 bits per heavy atom. The van der Waals surface area contributed by atoms with Crippen molar-refractivity contribution in [3.05, 3.63) is 69.7 Å². The van der Waals surface area contributed by atoms with Gasteiger partial charge in [-0.2, -0.15) is 0 Å². The molecule has 1 nitrogen and oxygen atoms in total. The smallest absolute Gasteiger partial charge is 0.105 e. The first-order chi connectivity index (χ1) is 8.68. The number of fused-ring (bicyclic) bond motifs is 2. The second-order valence-corrected chi connectivity index (χ2v) is 5.04. The van der Waals surface area contributed by atoms with Crippen molar-refractivity contribution in [2.24, 2.45) is 0 Å². The van der Waals surface area contributed by atoms with Crippen LogP contribution in [0.25, 0.3) is 11.1 Å². The molecule has 0 heterocycles. The van der Waals surface area contributed by atoms with Gasteiger partial charge in [0.05, 0.1) is 5.03 Å². The summed E-state index contributed by atoms with van der Waals surface area (Å²) in [4.78, 5) is 0. The van der Waals surface area contributed by atoms with Gasteiger partial charge >= 0.3 is 0 Å². The van der Waals surface area contributed by atoms with Crippen LogP contribution in [0.5, 0.6) is 0 Å². The van der Waals surface area contributed by atoms with Crippen molar-refractivity contribution in [2.75, 3.05) is 0 Å². The first-order valence-electron chi connectivity index (χ1n) is 5.61. The van der Waals surface area contributed by atoms with E-state index in [9.17, 15) is 5.11 Å². The molecule has 1 aliphatic rings. The number of hydrogen-bond donors (Lipinski definition) is 1. The van der Waals surface area contributed by atoms with Crippen LogP contribution in [0.1, 0.15) is 28.4 Å². The third-order valence-electron chi connectivity index (χ3n) is 3.15. The van der Waals surface area contributed by atoms with E-state index in [1.54, 1.807) is 6.07 Å². The molecule has 18 heavy (non-hydrogen) atoms. The summed E-state index contributed by atoms with van der Waals surface area (Å²) in [5.41, 5.74) is 3.22. The number of aliphatic hydroxyl groups is 1. The number of benzene rings is 2. The molecule has 1 aliphatic carbocycles. The molecule has 1 unspecified atom stereocenters. The van der Waals surface area contributed by atoms with E-state index < -0.39 is 6.10 Å². The average molecular weight is 277 g/mol. The Hall–Kier alpha value is -1.28. The van der Waals surface area contributed by atoms with Crippen molar-refractivity contribution < 1.29 is 5.11 Å². The molecule has 3 rings (SSSR count). The molecule has 90 valence electrons. The van der Waals surface area contributed by atoms with Crippen LogP contribution in [0.4, 0.5) is 0 Å². The number of hydrogen-bond acceptors (Lipinski definition) is 1. The van der Waals surface area contributed by atoms with Crippen LogP contribution < -0.4 is 0 Å². The molecule has 1 N–H and O–H groups in total. The van der Waals surface area contributed by atoms with Crippen LogP contribution in [0.2, 0.25) is 5.02 Å². The molecule has 0 radical (unpaired) electrons. The summed E-state index contributed by atoms with van der Waals surface area (Å²) in [7, 11) is 0. The first-order valence-corrected chi connectivity index (χ1v) is 6.37. The summed E-state index contributed by atoms with van der Waals surface area (Å²) < 4.78 is 0. The van der Waals surface area contributed by atoms with Crippen LogP contribution in [0.15, 0.2) is 42.5 Å². The number of halogens is 2. The minimum Gasteiger partial charge on any atom is -0.384 e. The summed E-state index contributed by atoms with van der Waals surface area (Å²) >= 11 is 12.5. The van der Waals surface area contributed by atoms with Gasteiger partial charge in [0.15, 0.2) is 0 Å². The van der Waals surface area contributed by atoms with Gasteiger partial charge in [0, 0.05) is 10.6 Å². The standard InChI is InChI=1S/C15H10Cl2O/c16-12-7-3-6-11-14(12)13(17)8-9-4-1-2-5-10(9)15(11)18/h1-8,15,18H. The zero-order valence-corrected chi connectivity index (χ0v) is 10.9. The lowest BCUT2D eigenvalue weighted by atomic mass is 9.97. The molecule has 0 saturated heterocycles. The minimum absolute atomic E-state index is 0.555. The van der Waals surface area contributed by atoms with Crippen molar-refractivity contribution in [2.45, 2.75) is 6.10 Å². The largest absolute Gasteiger partial charge is 0.384 e. The van der Waals surface area contributed by atoms with Gasteiger partial charge in [-0.25, -0.2) is 0 Å². The summed E-state index contributed by atoms with van der Waals surface area (Å²) in [6.45, 7) is 0. The van der Waals surface area contributed by atoms with Crippen LogP contribution in [0.3, 0.4) is 0 Å². The normalized spacial score (nSPS) is 17.5. The van der Waals surface area contributed by atoms with E-state index >= 15 is 0 Å². The third-order valence-corrected chi connectivity index (χ3v) is 3.77. The fraction of sp³-hybridized carbons (Fsp3) is 0.0667. The average Bonchev–Trinajstić information content (AvgIpc) is 2.47. The van der Waals surface area contributed by atoms with Crippen molar-refractivity contribution in [3.8, 4) is 0 Å². The Labute approximate surface area is 115 Å². The van der Waals surface area contributed by atoms with Crippen molar-refractivity contribution in [1.82, 2.24) is 0 Å². The molecule has 0 aromatic heterocycles. The molecule has 0 bridgehead atoms. The van der Waals surface area contributed by atoms with Gasteiger partial charge in [-0.15, -0.1) is 0 Å². The van der Waals surface area contributed by atoms with E-state index in [0.29, 0.717) is 15.6 Å². The van der Waals surface area contributed by atoms with Crippen LogP contribution in [0, 0.1) is 0 Å². The SMILES string of the molecule is OC1c2ccccc2C=C(Cl)c2c(Cl)cccc21. The zero-order valence-electron chi connectivity index (χ0n) is 9.40. The second kappa shape index (κ2) is 4.43. The number of aliphatic hydroxyl groups excluding tert-OH is 1. The first kappa shape index (κ1) is 11.8. The van der Waals surface area contributed by atoms with Crippen LogP contribution in [-0.4, -0.2) is 5.11 Å². The maximum Gasteiger partial charge on any atom is 0.105 e. The zero-order chi connectivity index (χ0) is 12.7. The number of rotatable bonds is 0. The van der Waals surface area contributed by atoms with E-state index in [2.05, 4.69) is 0 Å². The van der Waals surface area contributed by atoms with Crippen molar-refractivity contribution in [3.63, 3.8) is 0 Å². The topological polar surface area (TPSA) is 20.2 Å². The highest BCUT2D eigenvalue weighted by Crippen LogP contribution is 2.40. The van der Waals surface area contributed by atoms with Gasteiger partial charge in [-0.05, 0) is 28.8 Å². The maximum atomic E-state index is 10.5. The Morgan fingerprint density at radius 1 is 0.889 bits per heavy atom. The van der Waals surface area contributed by atoms with E-state index in [1.807, 2.05) is 42.5 Å². The molecular formula is C15H10Cl2O. The van der Waals surface area contributed by atoms with Gasteiger partial charge in [0.1, 0.15) is 6.10 Å². The van der Waals surface area contributed by atoms with E-state index in [4.69, 9.17) is 23.2 Å².